The van der Waals surface area contributed by atoms with E-state index in [9.17, 15) is 0 Å². The van der Waals surface area contributed by atoms with Gasteiger partial charge in [-0.2, -0.15) is 4.80 Å². The fourth-order valence-electron chi connectivity index (χ4n) is 1.84. The van der Waals surface area contributed by atoms with Gasteiger partial charge in [0.15, 0.2) is 6.61 Å². The van der Waals surface area contributed by atoms with Crippen LogP contribution in [0.4, 0.5) is 0 Å². The summed E-state index contributed by atoms with van der Waals surface area (Å²) in [5.41, 5.74) is 8.43. The van der Waals surface area contributed by atoms with Crippen molar-refractivity contribution in [3.63, 3.8) is 0 Å². The molecule has 0 aliphatic rings. The van der Waals surface area contributed by atoms with Gasteiger partial charge in [0.05, 0.1) is 7.05 Å². The monoisotopic (exact) mass is 277 g/mol. The molecule has 0 aliphatic carbocycles. The molecule has 1 heterocycles. The van der Waals surface area contributed by atoms with Crippen LogP contribution in [0.2, 0.25) is 0 Å². The van der Waals surface area contributed by atoms with Crippen molar-refractivity contribution in [1.82, 2.24) is 20.2 Å². The van der Waals surface area contributed by atoms with Crippen LogP contribution in [0.15, 0.2) is 12.1 Å². The number of hydrogen-bond donors (Lipinski definition) is 1. The third-order valence-corrected chi connectivity index (χ3v) is 2.88. The van der Waals surface area contributed by atoms with Crippen LogP contribution in [0, 0.1) is 13.8 Å². The predicted molar refractivity (Wildman–Crippen MR) is 74.9 cm³/mol. The molecule has 6 nitrogen and oxygen atoms in total. The maximum Gasteiger partial charge on any atom is 0.212 e. The summed E-state index contributed by atoms with van der Waals surface area (Å²) in [6, 6.07) is 3.82. The van der Waals surface area contributed by atoms with Gasteiger partial charge in [0.2, 0.25) is 5.82 Å². The van der Waals surface area contributed by atoms with Crippen LogP contribution in [0.25, 0.3) is 0 Å². The molecule has 0 spiro atoms. The highest BCUT2D eigenvalue weighted by Gasteiger charge is 2.09. The van der Waals surface area contributed by atoms with Crippen LogP contribution >= 0.6 is 12.2 Å². The normalized spacial score (nSPS) is 10.5. The fraction of sp³-hybridized carbons (Fsp3) is 0.333. The Kier molecular flexibility index (Phi) is 3.75. The van der Waals surface area contributed by atoms with Crippen molar-refractivity contribution in [3.05, 3.63) is 34.6 Å². The van der Waals surface area contributed by atoms with Gasteiger partial charge in [-0.15, -0.1) is 10.2 Å². The van der Waals surface area contributed by atoms with E-state index in [0.29, 0.717) is 10.8 Å². The highest BCUT2D eigenvalue weighted by Crippen LogP contribution is 2.25. The first kappa shape index (κ1) is 13.4. The first-order valence-corrected chi connectivity index (χ1v) is 6.15. The molecule has 0 atom stereocenters. The largest absolute Gasteiger partial charge is 0.485 e. The van der Waals surface area contributed by atoms with E-state index in [1.807, 2.05) is 26.0 Å². The fourth-order valence-corrected chi connectivity index (χ4v) is 1.96. The Morgan fingerprint density at radius 2 is 2.00 bits per heavy atom. The molecule has 100 valence electrons. The van der Waals surface area contributed by atoms with Crippen LogP contribution < -0.4 is 10.5 Å². The molecule has 1 aromatic carbocycles. The number of aryl methyl sites for hydroxylation is 3. The van der Waals surface area contributed by atoms with Crippen LogP contribution in [0.3, 0.4) is 0 Å². The quantitative estimate of drug-likeness (QED) is 0.841. The van der Waals surface area contributed by atoms with Crippen LogP contribution in [0.1, 0.15) is 22.5 Å². The minimum atomic E-state index is 0.280. The number of benzene rings is 1. The molecule has 0 fully saturated rings. The second-order valence-electron chi connectivity index (χ2n) is 4.29. The van der Waals surface area contributed by atoms with Gasteiger partial charge in [-0.05, 0) is 42.3 Å². The summed E-state index contributed by atoms with van der Waals surface area (Å²) < 4.78 is 5.74. The highest BCUT2D eigenvalue weighted by atomic mass is 32.1. The van der Waals surface area contributed by atoms with Crippen molar-refractivity contribution in [2.24, 2.45) is 12.8 Å². The van der Waals surface area contributed by atoms with Gasteiger partial charge in [0.25, 0.3) is 0 Å². The van der Waals surface area contributed by atoms with E-state index >= 15 is 0 Å². The number of tetrazole rings is 1. The van der Waals surface area contributed by atoms with Gasteiger partial charge < -0.3 is 10.5 Å². The zero-order valence-corrected chi connectivity index (χ0v) is 11.9. The minimum Gasteiger partial charge on any atom is -0.485 e. The molecule has 0 unspecified atom stereocenters. The first-order chi connectivity index (χ1) is 8.97. The maximum absolute atomic E-state index is 5.74. The third-order valence-electron chi connectivity index (χ3n) is 2.64. The minimum absolute atomic E-state index is 0.280. The molecule has 7 heteroatoms. The molecular formula is C12H15N5OS. The van der Waals surface area contributed by atoms with Gasteiger partial charge in [-0.3, -0.25) is 0 Å². The number of rotatable bonds is 4. The lowest BCUT2D eigenvalue weighted by molar-refractivity contribution is 0.291. The second-order valence-corrected chi connectivity index (χ2v) is 4.73. The van der Waals surface area contributed by atoms with E-state index in [0.717, 1.165) is 22.4 Å². The molecule has 19 heavy (non-hydrogen) atoms. The molecule has 0 radical (unpaired) electrons. The number of aromatic nitrogens is 4. The summed E-state index contributed by atoms with van der Waals surface area (Å²) in [5.74, 6) is 1.34. The predicted octanol–water partition coefficient (Wildman–Crippen LogP) is 1.04. The Bertz CT molecular complexity index is 599. The van der Waals surface area contributed by atoms with Crippen LogP contribution in [-0.4, -0.2) is 25.2 Å². The second kappa shape index (κ2) is 5.31. The Labute approximate surface area is 116 Å². The average Bonchev–Trinajstić information content (AvgIpc) is 2.73. The lowest BCUT2D eigenvalue weighted by atomic mass is 10.1. The van der Waals surface area contributed by atoms with Crippen molar-refractivity contribution in [1.29, 1.82) is 0 Å². The summed E-state index contributed by atoms with van der Waals surface area (Å²) in [6.07, 6.45) is 0. The Morgan fingerprint density at radius 3 is 2.47 bits per heavy atom. The van der Waals surface area contributed by atoms with Gasteiger partial charge >= 0.3 is 0 Å². The van der Waals surface area contributed by atoms with E-state index in [2.05, 4.69) is 15.4 Å². The zero-order chi connectivity index (χ0) is 14.0. The molecule has 0 bridgehead atoms. The number of nitrogens with zero attached hydrogens (tertiary/aromatic N) is 4. The molecule has 1 aromatic heterocycles. The maximum atomic E-state index is 5.74. The molecule has 2 aromatic rings. The SMILES string of the molecule is Cc1cc(C(N)=S)cc(C)c1OCc1nnn(C)n1. The standard InChI is InChI=1S/C12H15N5OS/c1-7-4-9(12(13)19)5-8(2)11(7)18-6-10-14-16-17(3)15-10/h4-5H,6H2,1-3H3,(H2,13,19). The summed E-state index contributed by atoms with van der Waals surface area (Å²) in [6.45, 7) is 4.18. The third kappa shape index (κ3) is 3.05. The van der Waals surface area contributed by atoms with E-state index in [4.69, 9.17) is 22.7 Å². The van der Waals surface area contributed by atoms with Crippen LogP contribution in [-0.2, 0) is 13.7 Å². The lowest BCUT2D eigenvalue weighted by Crippen LogP contribution is -2.10. The molecule has 0 saturated carbocycles. The highest BCUT2D eigenvalue weighted by molar-refractivity contribution is 7.80. The topological polar surface area (TPSA) is 78.9 Å². The van der Waals surface area contributed by atoms with Crippen molar-refractivity contribution in [3.8, 4) is 5.75 Å². The Balaban J connectivity index is 2.18. The number of ether oxygens (including phenoxy) is 1. The summed E-state index contributed by atoms with van der Waals surface area (Å²) in [7, 11) is 1.71. The Hall–Kier alpha value is -2.02. The summed E-state index contributed by atoms with van der Waals surface area (Å²) in [5, 5.41) is 11.7. The smallest absolute Gasteiger partial charge is 0.212 e. The van der Waals surface area contributed by atoms with E-state index in [1.54, 1.807) is 7.05 Å². The van der Waals surface area contributed by atoms with Gasteiger partial charge in [0.1, 0.15) is 10.7 Å². The van der Waals surface area contributed by atoms with Gasteiger partial charge in [-0.25, -0.2) is 0 Å². The molecule has 0 amide bonds. The summed E-state index contributed by atoms with van der Waals surface area (Å²) in [4.78, 5) is 1.78. The molecule has 2 N–H and O–H groups in total. The van der Waals surface area contributed by atoms with Crippen molar-refractivity contribution < 1.29 is 4.74 Å². The molecule has 0 aliphatic heterocycles. The zero-order valence-electron chi connectivity index (χ0n) is 11.0. The van der Waals surface area contributed by atoms with Crippen molar-refractivity contribution in [2.75, 3.05) is 0 Å². The van der Waals surface area contributed by atoms with Crippen LogP contribution in [0.5, 0.6) is 5.75 Å². The van der Waals surface area contributed by atoms with E-state index in [1.165, 1.54) is 4.80 Å². The van der Waals surface area contributed by atoms with Gasteiger partial charge in [-0.1, -0.05) is 12.2 Å². The number of hydrogen-bond acceptors (Lipinski definition) is 5. The first-order valence-electron chi connectivity index (χ1n) is 5.74. The van der Waals surface area contributed by atoms with Gasteiger partial charge in [0, 0.05) is 5.56 Å². The van der Waals surface area contributed by atoms with E-state index < -0.39 is 0 Å². The number of thiocarbonyl (C=S) groups is 1. The van der Waals surface area contributed by atoms with Crippen molar-refractivity contribution in [2.45, 2.75) is 20.5 Å². The summed E-state index contributed by atoms with van der Waals surface area (Å²) >= 11 is 4.97. The molecular weight excluding hydrogens is 262 g/mol. The van der Waals surface area contributed by atoms with Crippen molar-refractivity contribution >= 4 is 17.2 Å². The lowest BCUT2D eigenvalue weighted by Gasteiger charge is -2.12. The van der Waals surface area contributed by atoms with E-state index in [-0.39, 0.29) is 6.61 Å². The Morgan fingerprint density at radius 1 is 1.37 bits per heavy atom. The molecule has 2 rings (SSSR count). The molecule has 0 saturated heterocycles. The average molecular weight is 277 g/mol. The number of nitrogens with two attached hydrogens (primary N) is 1.